The standard InChI is InChI=1S/C16H21N3O/c1-11(2)16-17-13-6-5-12(9-14(13)18-16)10-15(20)19-7-3-4-8-19/h5-6,9,11H,3-4,7-8,10H2,1-2H3,(H,17,18). The van der Waals surface area contributed by atoms with Crippen molar-refractivity contribution in [2.45, 2.75) is 39.0 Å². The number of carbonyl (C=O) groups excluding carboxylic acids is 1. The number of nitrogens with zero attached hydrogens (tertiary/aromatic N) is 2. The van der Waals surface area contributed by atoms with Gasteiger partial charge in [0.05, 0.1) is 17.5 Å². The van der Waals surface area contributed by atoms with Gasteiger partial charge >= 0.3 is 0 Å². The number of fused-ring (bicyclic) bond motifs is 1. The molecule has 0 spiro atoms. The molecule has 0 bridgehead atoms. The quantitative estimate of drug-likeness (QED) is 0.933. The average Bonchev–Trinajstić information content (AvgIpc) is 3.07. The number of likely N-dealkylation sites (tertiary alicyclic amines) is 1. The van der Waals surface area contributed by atoms with Crippen molar-refractivity contribution in [2.75, 3.05) is 13.1 Å². The minimum absolute atomic E-state index is 0.241. The maximum Gasteiger partial charge on any atom is 0.226 e. The number of amides is 1. The molecule has 1 saturated heterocycles. The Morgan fingerprint density at radius 1 is 1.35 bits per heavy atom. The lowest BCUT2D eigenvalue weighted by Crippen LogP contribution is -2.29. The van der Waals surface area contributed by atoms with Gasteiger partial charge in [0.15, 0.2) is 0 Å². The zero-order chi connectivity index (χ0) is 14.1. The first kappa shape index (κ1) is 13.2. The normalized spacial score (nSPS) is 15.4. The maximum absolute atomic E-state index is 12.2. The van der Waals surface area contributed by atoms with E-state index in [1.54, 1.807) is 0 Å². The number of H-pyrrole nitrogens is 1. The molecule has 1 fully saturated rings. The van der Waals surface area contributed by atoms with Crippen LogP contribution in [0.25, 0.3) is 11.0 Å². The van der Waals surface area contributed by atoms with Crippen LogP contribution in [0.15, 0.2) is 18.2 Å². The number of aromatic nitrogens is 2. The third kappa shape index (κ3) is 2.55. The lowest BCUT2D eigenvalue weighted by atomic mass is 10.1. The number of imidazole rings is 1. The van der Waals surface area contributed by atoms with Gasteiger partial charge in [0.25, 0.3) is 0 Å². The molecule has 1 amide bonds. The second-order valence-electron chi connectivity index (χ2n) is 5.89. The van der Waals surface area contributed by atoms with Crippen molar-refractivity contribution in [3.8, 4) is 0 Å². The van der Waals surface area contributed by atoms with Crippen LogP contribution in [0.2, 0.25) is 0 Å². The largest absolute Gasteiger partial charge is 0.342 e. The van der Waals surface area contributed by atoms with E-state index in [4.69, 9.17) is 0 Å². The summed E-state index contributed by atoms with van der Waals surface area (Å²) >= 11 is 0. The Morgan fingerprint density at radius 3 is 2.80 bits per heavy atom. The van der Waals surface area contributed by atoms with Crippen LogP contribution in [0.4, 0.5) is 0 Å². The summed E-state index contributed by atoms with van der Waals surface area (Å²) in [5.41, 5.74) is 3.07. The Labute approximate surface area is 119 Å². The van der Waals surface area contributed by atoms with E-state index >= 15 is 0 Å². The Balaban J connectivity index is 1.79. The Morgan fingerprint density at radius 2 is 2.10 bits per heavy atom. The molecule has 0 atom stereocenters. The highest BCUT2D eigenvalue weighted by Gasteiger charge is 2.18. The molecule has 0 aliphatic carbocycles. The highest BCUT2D eigenvalue weighted by atomic mass is 16.2. The number of hydrogen-bond donors (Lipinski definition) is 1. The molecule has 1 aliphatic rings. The van der Waals surface area contributed by atoms with Gasteiger partial charge in [0.1, 0.15) is 5.82 Å². The van der Waals surface area contributed by atoms with E-state index in [-0.39, 0.29) is 5.91 Å². The van der Waals surface area contributed by atoms with Gasteiger partial charge in [-0.3, -0.25) is 4.79 Å². The Bertz CT molecular complexity index is 624. The second-order valence-corrected chi connectivity index (χ2v) is 5.89. The fourth-order valence-electron chi connectivity index (χ4n) is 2.71. The van der Waals surface area contributed by atoms with Gasteiger partial charge in [-0.05, 0) is 30.5 Å². The fourth-order valence-corrected chi connectivity index (χ4v) is 2.71. The van der Waals surface area contributed by atoms with Gasteiger partial charge in [-0.1, -0.05) is 19.9 Å². The molecule has 0 saturated carbocycles. The van der Waals surface area contributed by atoms with Gasteiger partial charge in [-0.15, -0.1) is 0 Å². The number of nitrogens with one attached hydrogen (secondary N) is 1. The molecule has 3 rings (SSSR count). The number of carbonyl (C=O) groups is 1. The average molecular weight is 271 g/mol. The molecule has 1 aliphatic heterocycles. The molecule has 2 aromatic rings. The van der Waals surface area contributed by atoms with E-state index < -0.39 is 0 Å². The van der Waals surface area contributed by atoms with Crippen molar-refractivity contribution < 1.29 is 4.79 Å². The minimum Gasteiger partial charge on any atom is -0.342 e. The zero-order valence-electron chi connectivity index (χ0n) is 12.1. The first-order valence-corrected chi connectivity index (χ1v) is 7.40. The molecule has 20 heavy (non-hydrogen) atoms. The van der Waals surface area contributed by atoms with Crippen LogP contribution in [0.3, 0.4) is 0 Å². The highest BCUT2D eigenvalue weighted by Crippen LogP contribution is 2.19. The van der Waals surface area contributed by atoms with E-state index in [1.807, 2.05) is 17.0 Å². The molecular weight excluding hydrogens is 250 g/mol. The van der Waals surface area contributed by atoms with E-state index in [1.165, 1.54) is 0 Å². The fraction of sp³-hybridized carbons (Fsp3) is 0.500. The van der Waals surface area contributed by atoms with Crippen molar-refractivity contribution in [3.63, 3.8) is 0 Å². The third-order valence-corrected chi connectivity index (χ3v) is 3.93. The number of benzene rings is 1. The Kier molecular flexibility index (Phi) is 3.47. The molecule has 1 N–H and O–H groups in total. The minimum atomic E-state index is 0.241. The summed E-state index contributed by atoms with van der Waals surface area (Å²) in [6.07, 6.45) is 2.78. The highest BCUT2D eigenvalue weighted by molar-refractivity contribution is 5.82. The van der Waals surface area contributed by atoms with Crippen LogP contribution >= 0.6 is 0 Å². The molecule has 2 heterocycles. The predicted octanol–water partition coefficient (Wildman–Crippen LogP) is 2.85. The molecule has 1 aromatic heterocycles. The van der Waals surface area contributed by atoms with Gasteiger partial charge in [0, 0.05) is 19.0 Å². The van der Waals surface area contributed by atoms with E-state index in [2.05, 4.69) is 29.9 Å². The predicted molar refractivity (Wildman–Crippen MR) is 79.7 cm³/mol. The van der Waals surface area contributed by atoms with Gasteiger partial charge in [-0.25, -0.2) is 4.98 Å². The third-order valence-electron chi connectivity index (χ3n) is 3.93. The van der Waals surface area contributed by atoms with Gasteiger partial charge < -0.3 is 9.88 Å². The summed E-state index contributed by atoms with van der Waals surface area (Å²) in [6, 6.07) is 6.08. The first-order valence-electron chi connectivity index (χ1n) is 7.40. The molecule has 4 heteroatoms. The van der Waals surface area contributed by atoms with E-state index in [9.17, 15) is 4.79 Å². The van der Waals surface area contributed by atoms with Crippen LogP contribution in [0.1, 0.15) is 44.0 Å². The van der Waals surface area contributed by atoms with Crippen LogP contribution in [-0.2, 0) is 11.2 Å². The van der Waals surface area contributed by atoms with Crippen LogP contribution in [0, 0.1) is 0 Å². The number of aromatic amines is 1. The van der Waals surface area contributed by atoms with E-state index in [0.29, 0.717) is 12.3 Å². The summed E-state index contributed by atoms with van der Waals surface area (Å²) in [4.78, 5) is 22.0. The monoisotopic (exact) mass is 271 g/mol. The van der Waals surface area contributed by atoms with Crippen LogP contribution < -0.4 is 0 Å². The molecule has 106 valence electrons. The van der Waals surface area contributed by atoms with Gasteiger partial charge in [0.2, 0.25) is 5.91 Å². The molecule has 0 unspecified atom stereocenters. The van der Waals surface area contributed by atoms with Crippen molar-refractivity contribution in [2.24, 2.45) is 0 Å². The summed E-state index contributed by atoms with van der Waals surface area (Å²) in [5.74, 6) is 1.63. The summed E-state index contributed by atoms with van der Waals surface area (Å²) in [6.45, 7) is 6.08. The van der Waals surface area contributed by atoms with E-state index in [0.717, 1.165) is 48.4 Å². The topological polar surface area (TPSA) is 49.0 Å². The zero-order valence-corrected chi connectivity index (χ0v) is 12.1. The molecule has 0 radical (unpaired) electrons. The maximum atomic E-state index is 12.2. The lowest BCUT2D eigenvalue weighted by Gasteiger charge is -2.14. The second kappa shape index (κ2) is 5.27. The number of rotatable bonds is 3. The summed E-state index contributed by atoms with van der Waals surface area (Å²) in [5, 5.41) is 0. The Hall–Kier alpha value is -1.84. The lowest BCUT2D eigenvalue weighted by molar-refractivity contribution is -0.129. The summed E-state index contributed by atoms with van der Waals surface area (Å²) in [7, 11) is 0. The SMILES string of the molecule is CC(C)c1nc2ccc(CC(=O)N3CCCC3)cc2[nH]1. The molecule has 4 nitrogen and oxygen atoms in total. The van der Waals surface area contributed by atoms with Crippen molar-refractivity contribution in [1.29, 1.82) is 0 Å². The van der Waals surface area contributed by atoms with Crippen LogP contribution in [0.5, 0.6) is 0 Å². The van der Waals surface area contributed by atoms with Crippen molar-refractivity contribution in [3.05, 3.63) is 29.6 Å². The summed E-state index contributed by atoms with van der Waals surface area (Å²) < 4.78 is 0. The van der Waals surface area contributed by atoms with Crippen molar-refractivity contribution >= 4 is 16.9 Å². The van der Waals surface area contributed by atoms with Crippen molar-refractivity contribution in [1.82, 2.24) is 14.9 Å². The van der Waals surface area contributed by atoms with Gasteiger partial charge in [-0.2, -0.15) is 0 Å². The number of hydrogen-bond acceptors (Lipinski definition) is 2. The smallest absolute Gasteiger partial charge is 0.226 e. The molecular formula is C16H21N3O. The molecule has 1 aromatic carbocycles. The van der Waals surface area contributed by atoms with Crippen LogP contribution in [-0.4, -0.2) is 33.9 Å². The first-order chi connectivity index (χ1) is 9.63.